The van der Waals surface area contributed by atoms with Crippen LogP contribution in [0, 0.1) is 0 Å². The molecule has 0 N–H and O–H groups in total. The third-order valence-electron chi connectivity index (χ3n) is 8.83. The van der Waals surface area contributed by atoms with E-state index in [1.807, 2.05) is 12.1 Å². The Bertz CT molecular complexity index is 2570. The van der Waals surface area contributed by atoms with E-state index in [0.29, 0.717) is 5.82 Å². The third-order valence-corrected chi connectivity index (χ3v) is 8.83. The summed E-state index contributed by atoms with van der Waals surface area (Å²) in [5.74, 6) is 0.691. The molecule has 3 heteroatoms. The molecule has 0 fully saturated rings. The number of pyridine rings is 1. The first-order valence-electron chi connectivity index (χ1n) is 15.5. The molecule has 7 aromatic carbocycles. The van der Waals surface area contributed by atoms with Crippen molar-refractivity contribution in [1.29, 1.82) is 0 Å². The zero-order chi connectivity index (χ0) is 30.5. The summed E-state index contributed by atoms with van der Waals surface area (Å²) < 4.78 is 0. The standard InChI is InChI=1S/C43H27N3/c1-2-12-28(13-3-1)30-15-10-16-31(26-30)41-36-21-7-9-23-39(36)45-43(46-41)33-18-11-17-32(27-33)42-37-25-24-29-14-4-5-19-34(29)40(37)35-20-6-8-22-38(35)44-42/h1-27H. The van der Waals surface area contributed by atoms with Crippen molar-refractivity contribution in [2.75, 3.05) is 0 Å². The smallest absolute Gasteiger partial charge is 0.160 e. The molecule has 9 rings (SSSR count). The number of benzene rings is 7. The summed E-state index contributed by atoms with van der Waals surface area (Å²) in [6, 6.07) is 57.3. The van der Waals surface area contributed by atoms with Crippen LogP contribution in [0.2, 0.25) is 0 Å². The average molecular weight is 586 g/mol. The number of hydrogen-bond donors (Lipinski definition) is 0. The van der Waals surface area contributed by atoms with E-state index in [4.69, 9.17) is 15.0 Å². The minimum atomic E-state index is 0.691. The van der Waals surface area contributed by atoms with Crippen molar-refractivity contribution in [2.24, 2.45) is 0 Å². The maximum atomic E-state index is 5.23. The van der Waals surface area contributed by atoms with Gasteiger partial charge in [0.25, 0.3) is 0 Å². The van der Waals surface area contributed by atoms with Crippen LogP contribution in [0.25, 0.3) is 88.4 Å². The summed E-state index contributed by atoms with van der Waals surface area (Å²) in [5, 5.41) is 7.01. The van der Waals surface area contributed by atoms with Gasteiger partial charge in [-0.05, 0) is 46.2 Å². The van der Waals surface area contributed by atoms with Gasteiger partial charge in [-0.1, -0.05) is 140 Å². The Balaban J connectivity index is 1.24. The molecule has 2 heterocycles. The third kappa shape index (κ3) is 4.41. The molecule has 2 aromatic heterocycles. The van der Waals surface area contributed by atoms with E-state index < -0.39 is 0 Å². The molecule has 0 saturated heterocycles. The lowest BCUT2D eigenvalue weighted by Crippen LogP contribution is -1.96. The van der Waals surface area contributed by atoms with E-state index >= 15 is 0 Å². The summed E-state index contributed by atoms with van der Waals surface area (Å²) in [6.07, 6.45) is 0. The topological polar surface area (TPSA) is 38.7 Å². The number of rotatable bonds is 4. The van der Waals surface area contributed by atoms with Gasteiger partial charge in [0.05, 0.1) is 22.4 Å². The SMILES string of the molecule is c1ccc(-c2cccc(-c3nc(-c4cccc(-c5nc6ccccc6c6c5ccc5ccccc56)c4)nc4ccccc34)c2)cc1. The lowest BCUT2D eigenvalue weighted by Gasteiger charge is -2.14. The fraction of sp³-hybridized carbons (Fsp3) is 0. The second-order valence-electron chi connectivity index (χ2n) is 11.6. The van der Waals surface area contributed by atoms with E-state index in [1.54, 1.807) is 0 Å². The van der Waals surface area contributed by atoms with Gasteiger partial charge in [0.1, 0.15) is 0 Å². The molecule has 0 radical (unpaired) electrons. The van der Waals surface area contributed by atoms with E-state index in [9.17, 15) is 0 Å². The molecule has 0 aliphatic rings. The molecule has 0 spiro atoms. The fourth-order valence-corrected chi connectivity index (χ4v) is 6.65. The Kier molecular flexibility index (Phi) is 6.14. The van der Waals surface area contributed by atoms with Crippen LogP contribution in [0.1, 0.15) is 0 Å². The fourth-order valence-electron chi connectivity index (χ4n) is 6.65. The zero-order valence-electron chi connectivity index (χ0n) is 24.9. The molecule has 0 aliphatic heterocycles. The summed E-state index contributed by atoms with van der Waals surface area (Å²) in [5.41, 5.74) is 9.16. The van der Waals surface area contributed by atoms with Crippen LogP contribution >= 0.6 is 0 Å². The second-order valence-corrected chi connectivity index (χ2v) is 11.6. The second kappa shape index (κ2) is 10.8. The highest BCUT2D eigenvalue weighted by Gasteiger charge is 2.16. The highest BCUT2D eigenvalue weighted by atomic mass is 14.9. The lowest BCUT2D eigenvalue weighted by molar-refractivity contribution is 1.23. The van der Waals surface area contributed by atoms with Crippen LogP contribution in [0.15, 0.2) is 164 Å². The largest absolute Gasteiger partial charge is 0.247 e. The van der Waals surface area contributed by atoms with Crippen molar-refractivity contribution in [3.05, 3.63) is 164 Å². The van der Waals surface area contributed by atoms with Crippen molar-refractivity contribution in [1.82, 2.24) is 15.0 Å². The molecule has 46 heavy (non-hydrogen) atoms. The van der Waals surface area contributed by atoms with Gasteiger partial charge in [0.2, 0.25) is 0 Å². The molecule has 0 unspecified atom stereocenters. The summed E-state index contributed by atoms with van der Waals surface area (Å²) >= 11 is 0. The van der Waals surface area contributed by atoms with Crippen LogP contribution in [0.5, 0.6) is 0 Å². The van der Waals surface area contributed by atoms with Crippen molar-refractivity contribution in [2.45, 2.75) is 0 Å². The molecule has 0 saturated carbocycles. The van der Waals surface area contributed by atoms with Crippen molar-refractivity contribution in [3.63, 3.8) is 0 Å². The summed E-state index contributed by atoms with van der Waals surface area (Å²) in [6.45, 7) is 0. The Labute approximate surface area is 266 Å². The Morgan fingerprint density at radius 2 is 0.870 bits per heavy atom. The molecule has 0 bridgehead atoms. The van der Waals surface area contributed by atoms with Crippen molar-refractivity contribution >= 4 is 43.4 Å². The number of para-hydroxylation sites is 2. The maximum Gasteiger partial charge on any atom is 0.160 e. The summed E-state index contributed by atoms with van der Waals surface area (Å²) in [7, 11) is 0. The van der Waals surface area contributed by atoms with E-state index in [-0.39, 0.29) is 0 Å². The van der Waals surface area contributed by atoms with Crippen LogP contribution in [0.3, 0.4) is 0 Å². The minimum absolute atomic E-state index is 0.691. The molecule has 3 nitrogen and oxygen atoms in total. The van der Waals surface area contributed by atoms with Gasteiger partial charge in [-0.25, -0.2) is 15.0 Å². The lowest BCUT2D eigenvalue weighted by atomic mass is 9.94. The first-order chi connectivity index (χ1) is 22.8. The molecule has 0 amide bonds. The van der Waals surface area contributed by atoms with Crippen LogP contribution in [-0.2, 0) is 0 Å². The van der Waals surface area contributed by atoms with Crippen LogP contribution < -0.4 is 0 Å². The quantitative estimate of drug-likeness (QED) is 0.193. The van der Waals surface area contributed by atoms with Gasteiger partial charge in [-0.2, -0.15) is 0 Å². The predicted molar refractivity (Wildman–Crippen MR) is 192 cm³/mol. The Morgan fingerprint density at radius 3 is 1.67 bits per heavy atom. The van der Waals surface area contributed by atoms with Gasteiger partial charge >= 0.3 is 0 Å². The van der Waals surface area contributed by atoms with E-state index in [1.165, 1.54) is 21.7 Å². The Morgan fingerprint density at radius 1 is 0.304 bits per heavy atom. The van der Waals surface area contributed by atoms with E-state index in [2.05, 4.69) is 152 Å². The van der Waals surface area contributed by atoms with Crippen molar-refractivity contribution < 1.29 is 0 Å². The van der Waals surface area contributed by atoms with Gasteiger partial charge in [0, 0.05) is 38.2 Å². The normalized spacial score (nSPS) is 11.5. The first kappa shape index (κ1) is 26.2. The van der Waals surface area contributed by atoms with Gasteiger partial charge < -0.3 is 0 Å². The van der Waals surface area contributed by atoms with Crippen molar-refractivity contribution in [3.8, 4) is 45.0 Å². The monoisotopic (exact) mass is 585 g/mol. The van der Waals surface area contributed by atoms with E-state index in [0.717, 1.165) is 60.8 Å². The molecular formula is C43H27N3. The predicted octanol–water partition coefficient (Wildman–Crippen LogP) is 11.2. The molecular weight excluding hydrogens is 558 g/mol. The molecule has 0 aliphatic carbocycles. The summed E-state index contributed by atoms with van der Waals surface area (Å²) in [4.78, 5) is 15.5. The van der Waals surface area contributed by atoms with Crippen LogP contribution in [0.4, 0.5) is 0 Å². The van der Waals surface area contributed by atoms with Crippen LogP contribution in [-0.4, -0.2) is 15.0 Å². The zero-order valence-corrected chi connectivity index (χ0v) is 24.9. The molecule has 0 atom stereocenters. The number of fused-ring (bicyclic) bond motifs is 6. The number of aromatic nitrogens is 3. The number of hydrogen-bond acceptors (Lipinski definition) is 3. The van der Waals surface area contributed by atoms with Gasteiger partial charge in [0.15, 0.2) is 5.82 Å². The van der Waals surface area contributed by atoms with Gasteiger partial charge in [-0.3, -0.25) is 0 Å². The average Bonchev–Trinajstić information content (AvgIpc) is 3.14. The number of nitrogens with zero attached hydrogens (tertiary/aromatic N) is 3. The highest BCUT2D eigenvalue weighted by Crippen LogP contribution is 2.38. The molecule has 9 aromatic rings. The first-order valence-corrected chi connectivity index (χ1v) is 15.5. The maximum absolute atomic E-state index is 5.23. The minimum Gasteiger partial charge on any atom is -0.247 e. The molecule has 214 valence electrons. The Hall–Kier alpha value is -6.19. The highest BCUT2D eigenvalue weighted by molar-refractivity contribution is 6.22. The van der Waals surface area contributed by atoms with Gasteiger partial charge in [-0.15, -0.1) is 0 Å².